The van der Waals surface area contributed by atoms with E-state index in [4.69, 9.17) is 20.9 Å². The van der Waals surface area contributed by atoms with Gasteiger partial charge in [0.2, 0.25) is 5.88 Å². The number of carbonyl (C=O) groups is 1. The van der Waals surface area contributed by atoms with Crippen molar-refractivity contribution in [3.05, 3.63) is 34.0 Å². The van der Waals surface area contributed by atoms with Crippen LogP contribution in [0.3, 0.4) is 0 Å². The van der Waals surface area contributed by atoms with Crippen LogP contribution in [-0.4, -0.2) is 39.8 Å². The number of nitrogens with zero attached hydrogens (tertiary/aromatic N) is 2. The lowest BCUT2D eigenvalue weighted by Crippen LogP contribution is -2.28. The molecule has 0 aliphatic carbocycles. The van der Waals surface area contributed by atoms with Crippen molar-refractivity contribution in [3.63, 3.8) is 0 Å². The van der Waals surface area contributed by atoms with Gasteiger partial charge < -0.3 is 29.4 Å². The summed E-state index contributed by atoms with van der Waals surface area (Å²) in [7, 11) is -3.96. The van der Waals surface area contributed by atoms with E-state index in [-0.39, 0.29) is 63.2 Å². The number of hydrogen-bond acceptors (Lipinski definition) is 7. The largest absolute Gasteiger partial charge is 0.505 e. The lowest BCUT2D eigenvalue weighted by molar-refractivity contribution is 0.0527. The Balaban J connectivity index is 2.29. The van der Waals surface area contributed by atoms with Crippen LogP contribution in [0.2, 0.25) is 5.02 Å². The first-order chi connectivity index (χ1) is 17.0. The van der Waals surface area contributed by atoms with Gasteiger partial charge in [0.1, 0.15) is 5.56 Å². The van der Waals surface area contributed by atoms with Gasteiger partial charge in [-0.25, -0.2) is 4.79 Å². The van der Waals surface area contributed by atoms with Crippen LogP contribution in [0, 0.1) is 5.41 Å². The van der Waals surface area contributed by atoms with E-state index in [1.165, 1.54) is 12.1 Å². The fourth-order valence-electron chi connectivity index (χ4n) is 4.27. The molecular formula is C26H37ClN3O6P. The molecule has 3 N–H and O–H groups in total. The number of fused-ring (bicyclic) bond motifs is 1. The van der Waals surface area contributed by atoms with Gasteiger partial charge in [0.15, 0.2) is 11.6 Å². The van der Waals surface area contributed by atoms with Crippen LogP contribution in [0.15, 0.2) is 16.9 Å². The fourth-order valence-corrected chi connectivity index (χ4v) is 6.39. The molecule has 0 saturated carbocycles. The Bertz CT molecular complexity index is 1290. The van der Waals surface area contributed by atoms with E-state index in [2.05, 4.69) is 30.9 Å². The lowest BCUT2D eigenvalue weighted by Gasteiger charge is -2.26. The predicted molar refractivity (Wildman–Crippen MR) is 147 cm³/mol. The van der Waals surface area contributed by atoms with E-state index in [1.807, 2.05) is 20.8 Å². The molecule has 1 unspecified atom stereocenters. The zero-order valence-corrected chi connectivity index (χ0v) is 24.4. The minimum Gasteiger partial charge on any atom is -0.505 e. The fraction of sp³-hybridized carbons (Fsp3) is 0.538. The number of carbonyl (C=O) groups excluding carboxylic acids is 1. The average molecular weight is 554 g/mol. The highest BCUT2D eigenvalue weighted by molar-refractivity contribution is 7.66. The molecule has 1 atom stereocenters. The van der Waals surface area contributed by atoms with Crippen molar-refractivity contribution in [2.45, 2.75) is 73.8 Å². The number of aromatic hydroxyl groups is 2. The molecule has 37 heavy (non-hydrogen) atoms. The molecule has 0 saturated heterocycles. The normalized spacial score (nSPS) is 17.7. The zero-order chi connectivity index (χ0) is 27.9. The van der Waals surface area contributed by atoms with Gasteiger partial charge in [-0.15, -0.1) is 0 Å². The lowest BCUT2D eigenvalue weighted by atomic mass is 9.89. The summed E-state index contributed by atoms with van der Waals surface area (Å²) >= 11 is 6.26. The van der Waals surface area contributed by atoms with Gasteiger partial charge in [-0.1, -0.05) is 53.1 Å². The highest BCUT2D eigenvalue weighted by Crippen LogP contribution is 2.54. The summed E-state index contributed by atoms with van der Waals surface area (Å²) in [4.78, 5) is 12.8. The van der Waals surface area contributed by atoms with Crippen molar-refractivity contribution >= 4 is 41.9 Å². The maximum atomic E-state index is 14.1. The van der Waals surface area contributed by atoms with Crippen LogP contribution in [0.25, 0.3) is 0 Å². The second-order valence-corrected chi connectivity index (χ2v) is 13.6. The third kappa shape index (κ3) is 5.84. The smallest absolute Gasteiger partial charge is 0.348 e. The summed E-state index contributed by atoms with van der Waals surface area (Å²) in [6, 6.07) is 2.83. The highest BCUT2D eigenvalue weighted by Gasteiger charge is 2.40. The van der Waals surface area contributed by atoms with Crippen molar-refractivity contribution in [2.24, 2.45) is 10.2 Å². The van der Waals surface area contributed by atoms with Crippen molar-refractivity contribution in [2.75, 3.05) is 18.5 Å². The molecule has 0 fully saturated rings. The highest BCUT2D eigenvalue weighted by atomic mass is 35.5. The summed E-state index contributed by atoms with van der Waals surface area (Å²) < 4.78 is 30.9. The molecule has 0 radical (unpaired) electrons. The molecule has 0 amide bonds. The van der Waals surface area contributed by atoms with E-state index >= 15 is 0 Å². The maximum absolute atomic E-state index is 14.1. The molecular weight excluding hydrogens is 517 g/mol. The number of rotatable bonds is 7. The number of esters is 1. The molecule has 2 heterocycles. The van der Waals surface area contributed by atoms with Gasteiger partial charge in [-0.05, 0) is 37.8 Å². The molecule has 0 spiro atoms. The molecule has 2 aromatic rings. The number of ether oxygens (including phenoxy) is 1. The molecule has 1 aromatic heterocycles. The molecule has 11 heteroatoms. The Morgan fingerprint density at radius 2 is 1.78 bits per heavy atom. The molecule has 3 rings (SSSR count). The third-order valence-electron chi connectivity index (χ3n) is 5.90. The number of amidine groups is 1. The van der Waals surface area contributed by atoms with Gasteiger partial charge >= 0.3 is 13.5 Å². The number of benzene rings is 1. The molecule has 204 valence electrons. The van der Waals surface area contributed by atoms with Crippen LogP contribution >= 0.6 is 19.1 Å². The summed E-state index contributed by atoms with van der Waals surface area (Å²) in [5, 5.41) is 26.1. The van der Waals surface area contributed by atoms with Crippen molar-refractivity contribution in [1.29, 1.82) is 0 Å². The number of nitrogens with one attached hydrogen (secondary N) is 1. The maximum Gasteiger partial charge on any atom is 0.348 e. The second-order valence-electron chi connectivity index (χ2n) is 11.2. The van der Waals surface area contributed by atoms with E-state index in [9.17, 15) is 19.6 Å². The average Bonchev–Trinajstić information content (AvgIpc) is 3.01. The molecule has 1 aliphatic heterocycles. The van der Waals surface area contributed by atoms with E-state index in [0.29, 0.717) is 12.2 Å². The molecule has 0 bridgehead atoms. The summed E-state index contributed by atoms with van der Waals surface area (Å²) in [6.07, 6.45) is 0.725. The Morgan fingerprint density at radius 1 is 1.14 bits per heavy atom. The van der Waals surface area contributed by atoms with Gasteiger partial charge in [-0.2, -0.15) is 4.76 Å². The minimum absolute atomic E-state index is 0.0193. The van der Waals surface area contributed by atoms with Gasteiger partial charge in [0, 0.05) is 17.0 Å². The topological polar surface area (TPSA) is 122 Å². The molecule has 1 aliphatic rings. The SMILES string of the molecule is CCOC(=O)c1cc(Cl)cc2c1NC(c1c(O)c(C(C)(C)C)n(CCC(C)(C)C)c1O)=NP2(=O)OCC. The van der Waals surface area contributed by atoms with Gasteiger partial charge in [0.05, 0.1) is 35.5 Å². The van der Waals surface area contributed by atoms with E-state index < -0.39 is 18.9 Å². The second kappa shape index (κ2) is 10.4. The Hall–Kier alpha value is -2.48. The van der Waals surface area contributed by atoms with E-state index in [1.54, 1.807) is 18.4 Å². The summed E-state index contributed by atoms with van der Waals surface area (Å²) in [5.41, 5.74) is 0.0984. The van der Waals surface area contributed by atoms with Crippen molar-refractivity contribution < 1.29 is 28.8 Å². The first-order valence-electron chi connectivity index (χ1n) is 12.3. The minimum atomic E-state index is -3.96. The van der Waals surface area contributed by atoms with Crippen LogP contribution in [0.4, 0.5) is 5.69 Å². The van der Waals surface area contributed by atoms with Crippen LogP contribution < -0.4 is 10.6 Å². The Kier molecular flexibility index (Phi) is 8.14. The van der Waals surface area contributed by atoms with Crippen LogP contribution in [0.5, 0.6) is 11.6 Å². The number of hydrogen-bond donors (Lipinski definition) is 3. The molecule has 1 aromatic carbocycles. The first-order valence-corrected chi connectivity index (χ1v) is 14.3. The zero-order valence-electron chi connectivity index (χ0n) is 22.7. The monoisotopic (exact) mass is 553 g/mol. The number of aromatic nitrogens is 1. The Morgan fingerprint density at radius 3 is 2.32 bits per heavy atom. The summed E-state index contributed by atoms with van der Waals surface area (Å²) in [5.74, 6) is -1.17. The predicted octanol–water partition coefficient (Wildman–Crippen LogP) is 6.19. The van der Waals surface area contributed by atoms with Gasteiger partial charge in [0.25, 0.3) is 0 Å². The van der Waals surface area contributed by atoms with Crippen LogP contribution in [0.1, 0.15) is 83.4 Å². The van der Waals surface area contributed by atoms with Gasteiger partial charge in [-0.3, -0.25) is 4.57 Å². The Labute approximate surface area is 223 Å². The standard InChI is InChI=1S/C26H37ClN3O6P/c1-9-35-24(33)16-13-15(27)14-17-19(16)28-22(29-37(17,34)36-10-2)18-20(31)21(26(6,7)8)30(23(18)32)12-11-25(3,4)5/h13-14,31-32H,9-12H2,1-8H3,(H,28,29,34). The van der Waals surface area contributed by atoms with Crippen LogP contribution in [-0.2, 0) is 25.8 Å². The molecule has 9 nitrogen and oxygen atoms in total. The van der Waals surface area contributed by atoms with Crippen molar-refractivity contribution in [3.8, 4) is 11.6 Å². The third-order valence-corrected chi connectivity index (χ3v) is 8.16. The number of halogens is 1. The van der Waals surface area contributed by atoms with Crippen molar-refractivity contribution in [1.82, 2.24) is 4.57 Å². The summed E-state index contributed by atoms with van der Waals surface area (Å²) in [6.45, 7) is 16.0. The number of anilines is 1. The van der Waals surface area contributed by atoms with E-state index in [0.717, 1.165) is 6.42 Å². The quantitative estimate of drug-likeness (QED) is 0.276. The first kappa shape index (κ1) is 29.1.